The third-order valence-electron chi connectivity index (χ3n) is 6.11. The summed E-state index contributed by atoms with van der Waals surface area (Å²) in [5.74, 6) is -0.113. The lowest BCUT2D eigenvalue weighted by atomic mass is 9.94. The van der Waals surface area contributed by atoms with E-state index in [4.69, 9.17) is 4.74 Å². The molecule has 1 atom stereocenters. The van der Waals surface area contributed by atoms with Crippen molar-refractivity contribution in [2.45, 2.75) is 44.8 Å². The number of aryl methyl sites for hydroxylation is 1. The second kappa shape index (κ2) is 8.72. The monoisotopic (exact) mass is 460 g/mol. The Hall–Kier alpha value is -3.03. The van der Waals surface area contributed by atoms with Crippen molar-refractivity contribution in [3.8, 4) is 11.3 Å². The van der Waals surface area contributed by atoms with Crippen LogP contribution in [0.1, 0.15) is 48.3 Å². The normalized spacial score (nSPS) is 17.8. The van der Waals surface area contributed by atoms with Crippen LogP contribution in [0.25, 0.3) is 21.5 Å². The average molecular weight is 461 g/mol. The molecule has 0 bridgehead atoms. The molecule has 1 saturated heterocycles. The lowest BCUT2D eigenvalue weighted by Gasteiger charge is -2.35. The van der Waals surface area contributed by atoms with Gasteiger partial charge >= 0.3 is 0 Å². The van der Waals surface area contributed by atoms with Crippen LogP contribution in [0.2, 0.25) is 0 Å². The highest BCUT2D eigenvalue weighted by molar-refractivity contribution is 7.17. The highest BCUT2D eigenvalue weighted by Gasteiger charge is 2.30. The van der Waals surface area contributed by atoms with Gasteiger partial charge in [0.15, 0.2) is 0 Å². The first-order valence-corrected chi connectivity index (χ1v) is 12.2. The number of amides is 1. The molecule has 1 aromatic carbocycles. The molecule has 1 amide bonds. The maximum absolute atomic E-state index is 13.1. The number of nitrogens with zero attached hydrogens (tertiary/aromatic N) is 3. The van der Waals surface area contributed by atoms with Crippen LogP contribution in [0.4, 0.5) is 0 Å². The molecular formula is C26H28N4O2S. The van der Waals surface area contributed by atoms with Gasteiger partial charge in [0.1, 0.15) is 5.69 Å². The van der Waals surface area contributed by atoms with Crippen LogP contribution in [0.5, 0.6) is 0 Å². The SMILES string of the molecule is Cn1ccc(-c2ccc(Cc3cc(C(=O)NC4CCOC(C)(C)C4)nc4ccsc34)cc2)n1. The van der Waals surface area contributed by atoms with Gasteiger partial charge in [-0.1, -0.05) is 24.3 Å². The van der Waals surface area contributed by atoms with Crippen molar-refractivity contribution in [1.82, 2.24) is 20.1 Å². The van der Waals surface area contributed by atoms with Crippen molar-refractivity contribution < 1.29 is 9.53 Å². The molecule has 0 spiro atoms. The summed E-state index contributed by atoms with van der Waals surface area (Å²) < 4.78 is 8.72. The first kappa shape index (κ1) is 21.8. The second-order valence-corrected chi connectivity index (χ2v) is 10.2. The molecule has 0 radical (unpaired) electrons. The summed E-state index contributed by atoms with van der Waals surface area (Å²) in [6, 6.07) is 14.5. The Bertz CT molecular complexity index is 1290. The number of aromatic nitrogens is 3. The number of ether oxygens (including phenoxy) is 1. The lowest BCUT2D eigenvalue weighted by Crippen LogP contribution is -2.46. The van der Waals surface area contributed by atoms with Gasteiger partial charge < -0.3 is 10.1 Å². The molecule has 1 aliphatic heterocycles. The topological polar surface area (TPSA) is 69.0 Å². The number of carbonyl (C=O) groups excluding carboxylic acids is 1. The zero-order chi connectivity index (χ0) is 23.0. The third-order valence-corrected chi connectivity index (χ3v) is 7.09. The van der Waals surface area contributed by atoms with Crippen LogP contribution in [0.3, 0.4) is 0 Å². The van der Waals surface area contributed by atoms with Crippen molar-refractivity contribution in [3.63, 3.8) is 0 Å². The molecule has 170 valence electrons. The Kier molecular flexibility index (Phi) is 5.76. The van der Waals surface area contributed by atoms with Crippen molar-refractivity contribution >= 4 is 27.5 Å². The van der Waals surface area contributed by atoms with E-state index < -0.39 is 0 Å². The van der Waals surface area contributed by atoms with Gasteiger partial charge in [-0.05, 0) is 67.8 Å². The van der Waals surface area contributed by atoms with Gasteiger partial charge in [0.2, 0.25) is 0 Å². The fourth-order valence-corrected chi connectivity index (χ4v) is 5.32. The van der Waals surface area contributed by atoms with Crippen molar-refractivity contribution in [1.29, 1.82) is 0 Å². The highest BCUT2D eigenvalue weighted by atomic mass is 32.1. The van der Waals surface area contributed by atoms with E-state index in [1.54, 1.807) is 11.3 Å². The largest absolute Gasteiger partial charge is 0.375 e. The summed E-state index contributed by atoms with van der Waals surface area (Å²) in [6.45, 7) is 4.80. The van der Waals surface area contributed by atoms with Crippen LogP contribution in [-0.4, -0.2) is 38.9 Å². The van der Waals surface area contributed by atoms with E-state index in [0.717, 1.165) is 46.3 Å². The number of benzene rings is 1. The van der Waals surface area contributed by atoms with Gasteiger partial charge in [-0.2, -0.15) is 5.10 Å². The summed E-state index contributed by atoms with van der Waals surface area (Å²) in [4.78, 5) is 17.7. The second-order valence-electron chi connectivity index (χ2n) is 9.32. The Labute approximate surface area is 197 Å². The van der Waals surface area contributed by atoms with E-state index in [1.165, 1.54) is 5.56 Å². The molecule has 5 rings (SSSR count). The Morgan fingerprint density at radius 3 is 2.79 bits per heavy atom. The van der Waals surface area contributed by atoms with Crippen molar-refractivity contribution in [2.24, 2.45) is 7.05 Å². The summed E-state index contributed by atoms with van der Waals surface area (Å²) in [5, 5.41) is 9.69. The molecule has 0 saturated carbocycles. The van der Waals surface area contributed by atoms with E-state index in [9.17, 15) is 4.79 Å². The number of hydrogen-bond acceptors (Lipinski definition) is 5. The first-order chi connectivity index (χ1) is 15.9. The fraction of sp³-hybridized carbons (Fsp3) is 0.346. The molecule has 4 aromatic rings. The fourth-order valence-electron chi connectivity index (χ4n) is 4.47. The van der Waals surface area contributed by atoms with Crippen LogP contribution >= 0.6 is 11.3 Å². The van der Waals surface area contributed by atoms with E-state index in [0.29, 0.717) is 12.3 Å². The molecule has 1 N–H and O–H groups in total. The number of pyridine rings is 1. The molecular weight excluding hydrogens is 432 g/mol. The smallest absolute Gasteiger partial charge is 0.270 e. The van der Waals surface area contributed by atoms with Gasteiger partial charge in [0.25, 0.3) is 5.91 Å². The van der Waals surface area contributed by atoms with Gasteiger partial charge in [-0.3, -0.25) is 9.48 Å². The Morgan fingerprint density at radius 1 is 1.24 bits per heavy atom. The molecule has 1 fully saturated rings. The molecule has 0 aliphatic carbocycles. The lowest BCUT2D eigenvalue weighted by molar-refractivity contribution is -0.0615. The molecule has 3 aromatic heterocycles. The summed E-state index contributed by atoms with van der Waals surface area (Å²) in [6.07, 6.45) is 4.31. The average Bonchev–Trinajstić information content (AvgIpc) is 3.42. The standard InChI is InChI=1S/C26H28N4O2S/c1-26(2)16-20(9-12-32-26)27-25(31)23-15-19(24-22(28-23)10-13-33-24)14-17-4-6-18(7-5-17)21-8-11-30(3)29-21/h4-8,10-11,13,15,20H,9,12,14,16H2,1-3H3,(H,27,31). The Morgan fingerprint density at radius 2 is 2.06 bits per heavy atom. The van der Waals surface area contributed by atoms with Crippen molar-refractivity contribution in [3.05, 3.63) is 70.9 Å². The minimum Gasteiger partial charge on any atom is -0.375 e. The van der Waals surface area contributed by atoms with Crippen LogP contribution in [-0.2, 0) is 18.2 Å². The number of carbonyl (C=O) groups is 1. The van der Waals surface area contributed by atoms with E-state index in [-0.39, 0.29) is 17.6 Å². The zero-order valence-corrected chi connectivity index (χ0v) is 20.0. The summed E-state index contributed by atoms with van der Waals surface area (Å²) in [7, 11) is 1.92. The maximum atomic E-state index is 13.1. The van der Waals surface area contributed by atoms with Crippen LogP contribution < -0.4 is 5.32 Å². The number of rotatable bonds is 5. The van der Waals surface area contributed by atoms with Crippen LogP contribution in [0, 0.1) is 0 Å². The number of fused-ring (bicyclic) bond motifs is 1. The van der Waals surface area contributed by atoms with Gasteiger partial charge in [0, 0.05) is 31.5 Å². The van der Waals surface area contributed by atoms with Crippen LogP contribution in [0.15, 0.2) is 54.0 Å². The predicted octanol–water partition coefficient (Wildman–Crippen LogP) is 4.98. The van der Waals surface area contributed by atoms with E-state index in [2.05, 4.69) is 53.5 Å². The van der Waals surface area contributed by atoms with Gasteiger partial charge in [-0.15, -0.1) is 11.3 Å². The molecule has 1 aliphatic rings. The molecule has 1 unspecified atom stereocenters. The first-order valence-electron chi connectivity index (χ1n) is 11.3. The minimum atomic E-state index is -0.215. The molecule has 6 nitrogen and oxygen atoms in total. The third kappa shape index (κ3) is 4.84. The summed E-state index contributed by atoms with van der Waals surface area (Å²) in [5.41, 5.74) is 5.50. The highest BCUT2D eigenvalue weighted by Crippen LogP contribution is 2.28. The van der Waals surface area contributed by atoms with Gasteiger partial charge in [-0.25, -0.2) is 4.98 Å². The van der Waals surface area contributed by atoms with E-state index in [1.807, 2.05) is 41.5 Å². The van der Waals surface area contributed by atoms with Crippen molar-refractivity contribution in [2.75, 3.05) is 6.61 Å². The molecule has 4 heterocycles. The number of thiophene rings is 1. The molecule has 7 heteroatoms. The quantitative estimate of drug-likeness (QED) is 0.456. The van der Waals surface area contributed by atoms with E-state index >= 15 is 0 Å². The maximum Gasteiger partial charge on any atom is 0.270 e. The Balaban J connectivity index is 1.37. The predicted molar refractivity (Wildman–Crippen MR) is 132 cm³/mol. The zero-order valence-electron chi connectivity index (χ0n) is 19.2. The van der Waals surface area contributed by atoms with Gasteiger partial charge in [0.05, 0.1) is 21.5 Å². The number of nitrogens with one attached hydrogen (secondary N) is 1. The number of hydrogen-bond donors (Lipinski definition) is 1. The summed E-state index contributed by atoms with van der Waals surface area (Å²) >= 11 is 1.67. The minimum absolute atomic E-state index is 0.101. The molecule has 33 heavy (non-hydrogen) atoms.